The zero-order valence-corrected chi connectivity index (χ0v) is 19.3. The summed E-state index contributed by atoms with van der Waals surface area (Å²) >= 11 is 0.959. The van der Waals surface area contributed by atoms with Crippen LogP contribution >= 0.6 is 11.8 Å². The molecule has 2 aromatic rings. The van der Waals surface area contributed by atoms with E-state index in [0.717, 1.165) is 23.4 Å². The molecule has 12 heteroatoms. The van der Waals surface area contributed by atoms with E-state index in [1.165, 1.54) is 26.5 Å². The molecule has 1 aliphatic heterocycles. The molecule has 0 bridgehead atoms. The molecular weight excluding hydrogens is 464 g/mol. The number of amidine groups is 1. The van der Waals surface area contributed by atoms with E-state index in [1.54, 1.807) is 37.3 Å². The number of nitrogens with one attached hydrogen (secondary N) is 1. The molecule has 1 saturated heterocycles. The van der Waals surface area contributed by atoms with Crippen molar-refractivity contribution < 1.29 is 28.7 Å². The molecular formula is C22H20N4O7S. The van der Waals surface area contributed by atoms with Crippen molar-refractivity contribution in [3.05, 3.63) is 74.2 Å². The van der Waals surface area contributed by atoms with Gasteiger partial charge in [-0.15, -0.1) is 5.10 Å². The molecule has 0 aromatic heterocycles. The number of ether oxygens (including phenoxy) is 3. The summed E-state index contributed by atoms with van der Waals surface area (Å²) in [4.78, 5) is 34.1. The standard InChI is InChI=1S/C22H20N4O7S/c1-13-4-6-15(16(8-13)26(29)30)12-33-17-7-5-14(9-18(17)31-2)11-23-25-22-24-21(28)19(34-22)10-20(27)32-3/h4-11H,12H2,1-3H3,(H,24,25,28)/b19-10+,23-11?. The summed E-state index contributed by atoms with van der Waals surface area (Å²) in [6, 6.07) is 9.95. The van der Waals surface area contributed by atoms with E-state index in [0.29, 0.717) is 22.6 Å². The molecule has 176 valence electrons. The molecule has 2 aromatic carbocycles. The van der Waals surface area contributed by atoms with Crippen molar-refractivity contribution in [1.29, 1.82) is 0 Å². The molecule has 1 amide bonds. The van der Waals surface area contributed by atoms with E-state index >= 15 is 0 Å². The number of nitrogens with zero attached hydrogens (tertiary/aromatic N) is 3. The highest BCUT2D eigenvalue weighted by Gasteiger charge is 2.25. The highest BCUT2D eigenvalue weighted by atomic mass is 32.2. The van der Waals surface area contributed by atoms with E-state index in [-0.39, 0.29) is 22.4 Å². The van der Waals surface area contributed by atoms with Crippen molar-refractivity contribution in [2.75, 3.05) is 14.2 Å². The minimum absolute atomic E-state index is 0.00755. The lowest BCUT2D eigenvalue weighted by Crippen LogP contribution is -2.19. The summed E-state index contributed by atoms with van der Waals surface area (Å²) < 4.78 is 15.6. The molecule has 0 atom stereocenters. The fourth-order valence-corrected chi connectivity index (χ4v) is 3.53. The topological polar surface area (TPSA) is 142 Å². The Hall–Kier alpha value is -4.19. The lowest BCUT2D eigenvalue weighted by Gasteiger charge is -2.11. The van der Waals surface area contributed by atoms with Gasteiger partial charge < -0.3 is 14.2 Å². The molecule has 1 fully saturated rings. The largest absolute Gasteiger partial charge is 0.493 e. The number of hydrogen-bond donors (Lipinski definition) is 1. The van der Waals surface area contributed by atoms with Gasteiger partial charge in [-0.2, -0.15) is 5.10 Å². The maximum atomic E-state index is 11.8. The van der Waals surface area contributed by atoms with Gasteiger partial charge in [0.15, 0.2) is 16.7 Å². The van der Waals surface area contributed by atoms with Crippen molar-refractivity contribution in [3.8, 4) is 11.5 Å². The number of benzene rings is 2. The molecule has 1 heterocycles. The summed E-state index contributed by atoms with van der Waals surface area (Å²) in [5.41, 5.74) is 1.85. The number of thioether (sulfide) groups is 1. The van der Waals surface area contributed by atoms with Gasteiger partial charge in [-0.25, -0.2) is 4.79 Å². The first-order valence-corrected chi connectivity index (χ1v) is 10.6. The minimum atomic E-state index is -0.645. The molecule has 34 heavy (non-hydrogen) atoms. The number of hydrogen-bond acceptors (Lipinski definition) is 10. The zero-order chi connectivity index (χ0) is 24.7. The van der Waals surface area contributed by atoms with Gasteiger partial charge in [-0.05, 0) is 54.1 Å². The highest BCUT2D eigenvalue weighted by molar-refractivity contribution is 8.18. The smallest absolute Gasteiger partial charge is 0.331 e. The van der Waals surface area contributed by atoms with Gasteiger partial charge in [0.2, 0.25) is 0 Å². The van der Waals surface area contributed by atoms with Crippen molar-refractivity contribution >= 4 is 40.7 Å². The highest BCUT2D eigenvalue weighted by Crippen LogP contribution is 2.30. The normalized spacial score (nSPS) is 15.6. The number of aryl methyl sites for hydroxylation is 1. The summed E-state index contributed by atoms with van der Waals surface area (Å²) in [6.07, 6.45) is 2.51. The van der Waals surface area contributed by atoms with Crippen molar-refractivity contribution in [2.24, 2.45) is 10.2 Å². The summed E-state index contributed by atoms with van der Waals surface area (Å²) in [6.45, 7) is 1.77. The Balaban J connectivity index is 1.69. The van der Waals surface area contributed by atoms with Gasteiger partial charge in [-0.1, -0.05) is 6.07 Å². The third-order valence-corrected chi connectivity index (χ3v) is 5.36. The third-order valence-electron chi connectivity index (χ3n) is 4.46. The number of carbonyl (C=O) groups excluding carboxylic acids is 2. The van der Waals surface area contributed by atoms with Crippen molar-refractivity contribution in [1.82, 2.24) is 5.32 Å². The lowest BCUT2D eigenvalue weighted by molar-refractivity contribution is -0.385. The Morgan fingerprint density at radius 1 is 1.21 bits per heavy atom. The molecule has 0 radical (unpaired) electrons. The Morgan fingerprint density at radius 3 is 2.71 bits per heavy atom. The van der Waals surface area contributed by atoms with Crippen LogP contribution in [-0.2, 0) is 20.9 Å². The van der Waals surface area contributed by atoms with Crippen LogP contribution in [0.3, 0.4) is 0 Å². The Kier molecular flexibility index (Phi) is 7.98. The number of methoxy groups -OCH3 is 2. The average molecular weight is 484 g/mol. The van der Waals surface area contributed by atoms with Crippen LogP contribution in [0.5, 0.6) is 11.5 Å². The Bertz CT molecular complexity index is 1220. The fourth-order valence-electron chi connectivity index (χ4n) is 2.79. The molecule has 3 rings (SSSR count). The van der Waals surface area contributed by atoms with Crippen LogP contribution in [0.4, 0.5) is 5.69 Å². The summed E-state index contributed by atoms with van der Waals surface area (Å²) in [5, 5.41) is 21.9. The average Bonchev–Trinajstić information content (AvgIpc) is 3.16. The van der Waals surface area contributed by atoms with E-state index in [2.05, 4.69) is 20.3 Å². The molecule has 1 aliphatic rings. The minimum Gasteiger partial charge on any atom is -0.493 e. The van der Waals surface area contributed by atoms with Gasteiger partial charge in [0.25, 0.3) is 11.6 Å². The molecule has 0 unspecified atom stereocenters. The number of esters is 1. The van der Waals surface area contributed by atoms with E-state index in [1.807, 2.05) is 0 Å². The van der Waals surface area contributed by atoms with Gasteiger partial charge in [0.1, 0.15) is 6.61 Å². The first kappa shape index (κ1) is 24.5. The number of nitro benzene ring substituents is 1. The quantitative estimate of drug-likeness (QED) is 0.198. The fraction of sp³-hybridized carbons (Fsp3) is 0.182. The van der Waals surface area contributed by atoms with E-state index < -0.39 is 16.8 Å². The predicted molar refractivity (Wildman–Crippen MR) is 126 cm³/mol. The second-order valence-electron chi connectivity index (χ2n) is 6.83. The Labute approximate surface area is 198 Å². The van der Waals surface area contributed by atoms with Crippen LogP contribution in [0.1, 0.15) is 16.7 Å². The molecule has 11 nitrogen and oxygen atoms in total. The first-order valence-electron chi connectivity index (χ1n) is 9.75. The molecule has 0 saturated carbocycles. The van der Waals surface area contributed by atoms with Crippen LogP contribution in [0.25, 0.3) is 0 Å². The maximum absolute atomic E-state index is 11.8. The van der Waals surface area contributed by atoms with Crippen LogP contribution in [0.2, 0.25) is 0 Å². The number of nitro groups is 1. The predicted octanol–water partition coefficient (Wildman–Crippen LogP) is 3.10. The van der Waals surface area contributed by atoms with Crippen molar-refractivity contribution in [2.45, 2.75) is 13.5 Å². The monoisotopic (exact) mass is 484 g/mol. The van der Waals surface area contributed by atoms with Gasteiger partial charge >= 0.3 is 5.97 Å². The van der Waals surface area contributed by atoms with Crippen LogP contribution < -0.4 is 14.8 Å². The second kappa shape index (κ2) is 11.1. The zero-order valence-electron chi connectivity index (χ0n) is 18.4. The molecule has 1 N–H and O–H groups in total. The number of rotatable bonds is 8. The summed E-state index contributed by atoms with van der Waals surface area (Å²) in [5.74, 6) is -0.314. The SMILES string of the molecule is COC(=O)/C=C1/S/C(=N\N=Cc2ccc(OCc3ccc(C)cc3[N+](=O)[O-])c(OC)c2)NC1=O. The van der Waals surface area contributed by atoms with Gasteiger partial charge in [0.05, 0.1) is 35.8 Å². The van der Waals surface area contributed by atoms with Crippen LogP contribution in [0.15, 0.2) is 57.6 Å². The number of amides is 1. The summed E-state index contributed by atoms with van der Waals surface area (Å²) in [7, 11) is 2.69. The Morgan fingerprint density at radius 2 is 2.00 bits per heavy atom. The second-order valence-corrected chi connectivity index (χ2v) is 7.86. The van der Waals surface area contributed by atoms with E-state index in [4.69, 9.17) is 9.47 Å². The van der Waals surface area contributed by atoms with Crippen molar-refractivity contribution in [3.63, 3.8) is 0 Å². The maximum Gasteiger partial charge on any atom is 0.331 e. The van der Waals surface area contributed by atoms with Crippen LogP contribution in [-0.4, -0.2) is 42.4 Å². The van der Waals surface area contributed by atoms with E-state index in [9.17, 15) is 19.7 Å². The molecule has 0 spiro atoms. The van der Waals surface area contributed by atoms with Crippen LogP contribution in [0, 0.1) is 17.0 Å². The van der Waals surface area contributed by atoms with Gasteiger partial charge in [0, 0.05) is 12.1 Å². The third kappa shape index (κ3) is 6.19. The van der Waals surface area contributed by atoms with Gasteiger partial charge in [-0.3, -0.25) is 20.2 Å². The first-order chi connectivity index (χ1) is 16.3. The molecule has 0 aliphatic carbocycles. The number of carbonyl (C=O) groups is 2. The lowest BCUT2D eigenvalue weighted by atomic mass is 10.1.